The van der Waals surface area contributed by atoms with Crippen LogP contribution in [0.3, 0.4) is 0 Å². The Morgan fingerprint density at radius 3 is 2.94 bits per heavy atom. The lowest BCUT2D eigenvalue weighted by molar-refractivity contribution is 0.0945. The van der Waals surface area contributed by atoms with Gasteiger partial charge >= 0.3 is 0 Å². The van der Waals surface area contributed by atoms with Crippen molar-refractivity contribution in [2.24, 2.45) is 5.92 Å². The maximum atomic E-state index is 12.7. The van der Waals surface area contributed by atoms with Crippen LogP contribution in [0.2, 0.25) is 0 Å². The maximum absolute atomic E-state index is 12.7. The van der Waals surface area contributed by atoms with Crippen LogP contribution in [0.15, 0.2) is 48.7 Å². The molecule has 0 saturated carbocycles. The number of benzene rings is 2. The zero-order valence-electron chi connectivity index (χ0n) is 20.7. The van der Waals surface area contributed by atoms with E-state index in [1.807, 2.05) is 36.5 Å². The lowest BCUT2D eigenvalue weighted by Gasteiger charge is -2.33. The van der Waals surface area contributed by atoms with E-state index >= 15 is 0 Å². The SMILES string of the molecule is COc1cccc2c1OCc1cn(nn1)CCOc1cccc(c1)C(=O)NCCC1CCCN(C2)C1. The third-order valence-corrected chi connectivity index (χ3v) is 6.75. The van der Waals surface area contributed by atoms with Crippen molar-refractivity contribution in [3.8, 4) is 17.2 Å². The maximum Gasteiger partial charge on any atom is 0.251 e. The van der Waals surface area contributed by atoms with E-state index in [4.69, 9.17) is 14.2 Å². The summed E-state index contributed by atoms with van der Waals surface area (Å²) in [6, 6.07) is 13.3. The number of carbonyl (C=O) groups is 1. The van der Waals surface area contributed by atoms with E-state index < -0.39 is 0 Å². The molecular formula is C27H33N5O4. The minimum Gasteiger partial charge on any atom is -0.493 e. The monoisotopic (exact) mass is 491 g/mol. The van der Waals surface area contributed by atoms with Crippen molar-refractivity contribution in [2.45, 2.75) is 39.0 Å². The molecule has 2 aliphatic rings. The van der Waals surface area contributed by atoms with Crippen molar-refractivity contribution < 1.29 is 19.0 Å². The first-order valence-electron chi connectivity index (χ1n) is 12.6. The van der Waals surface area contributed by atoms with Crippen molar-refractivity contribution in [3.05, 3.63) is 65.5 Å². The van der Waals surface area contributed by atoms with Gasteiger partial charge in [-0.05, 0) is 56.0 Å². The molecule has 2 atom stereocenters. The number of methoxy groups -OCH3 is 1. The van der Waals surface area contributed by atoms with Gasteiger partial charge in [-0.1, -0.05) is 23.4 Å². The standard InChI is InChI=1S/C27H33N5O4/c1-34-25-9-3-7-22-17-31-12-4-5-20(16-31)10-11-28-27(33)21-6-2-8-24(15-21)35-14-13-32-18-23(29-30-32)19-36-26(22)25/h2-3,6-9,15,18,20H,4-5,10-14,16-17,19H2,1H3,(H,28,33). The van der Waals surface area contributed by atoms with E-state index in [-0.39, 0.29) is 5.91 Å². The Hall–Kier alpha value is -3.59. The molecule has 0 spiro atoms. The highest BCUT2D eigenvalue weighted by Gasteiger charge is 2.22. The summed E-state index contributed by atoms with van der Waals surface area (Å²) < 4.78 is 19.5. The van der Waals surface area contributed by atoms with Gasteiger partial charge in [0.1, 0.15) is 24.7 Å². The molecule has 2 unspecified atom stereocenters. The third-order valence-electron chi connectivity index (χ3n) is 6.75. The minimum atomic E-state index is -0.0712. The summed E-state index contributed by atoms with van der Waals surface area (Å²) in [5.74, 6) is 2.58. The smallest absolute Gasteiger partial charge is 0.251 e. The normalized spacial score (nSPS) is 21.1. The highest BCUT2D eigenvalue weighted by atomic mass is 16.5. The first-order chi connectivity index (χ1) is 17.7. The number of hydrogen-bond donors (Lipinski definition) is 1. The lowest BCUT2D eigenvalue weighted by Crippen LogP contribution is -2.36. The van der Waals surface area contributed by atoms with Crippen molar-refractivity contribution in [2.75, 3.05) is 33.4 Å². The Bertz CT molecular complexity index is 1180. The van der Waals surface area contributed by atoms with Crippen LogP contribution >= 0.6 is 0 Å². The number of amides is 1. The molecule has 5 rings (SSSR count). The van der Waals surface area contributed by atoms with Gasteiger partial charge in [-0.3, -0.25) is 9.69 Å². The van der Waals surface area contributed by atoms with Crippen LogP contribution in [0.4, 0.5) is 0 Å². The largest absolute Gasteiger partial charge is 0.493 e. The fraction of sp³-hybridized carbons (Fsp3) is 0.444. The second kappa shape index (κ2) is 11.4. The molecule has 9 nitrogen and oxygen atoms in total. The molecule has 2 aromatic carbocycles. The molecular weight excluding hydrogens is 458 g/mol. The number of nitrogens with one attached hydrogen (secondary N) is 1. The lowest BCUT2D eigenvalue weighted by atomic mass is 9.94. The molecule has 3 aromatic rings. The first-order valence-corrected chi connectivity index (χ1v) is 12.6. The van der Waals surface area contributed by atoms with E-state index in [9.17, 15) is 4.79 Å². The van der Waals surface area contributed by atoms with Crippen LogP contribution < -0.4 is 19.5 Å². The Kier molecular flexibility index (Phi) is 7.66. The second-order valence-corrected chi connectivity index (χ2v) is 9.37. The Morgan fingerprint density at radius 2 is 2.03 bits per heavy atom. The molecule has 6 bridgehead atoms. The summed E-state index contributed by atoms with van der Waals surface area (Å²) in [4.78, 5) is 15.2. The zero-order valence-corrected chi connectivity index (χ0v) is 20.7. The van der Waals surface area contributed by atoms with Crippen LogP contribution in [-0.2, 0) is 19.7 Å². The Balaban J connectivity index is 1.37. The number of ether oxygens (including phenoxy) is 3. The molecule has 2 aliphatic heterocycles. The number of hydrogen-bond acceptors (Lipinski definition) is 7. The summed E-state index contributed by atoms with van der Waals surface area (Å²) in [5.41, 5.74) is 2.43. The quantitative estimate of drug-likeness (QED) is 0.559. The molecule has 1 N–H and O–H groups in total. The van der Waals surface area contributed by atoms with Crippen molar-refractivity contribution in [1.29, 1.82) is 0 Å². The van der Waals surface area contributed by atoms with Gasteiger partial charge in [-0.25, -0.2) is 4.68 Å². The van der Waals surface area contributed by atoms with Gasteiger partial charge in [0, 0.05) is 30.8 Å². The first kappa shape index (κ1) is 24.1. The average molecular weight is 492 g/mol. The van der Waals surface area contributed by atoms with Gasteiger partial charge in [0.2, 0.25) is 0 Å². The van der Waals surface area contributed by atoms with Gasteiger partial charge in [0.05, 0.1) is 19.9 Å². The van der Waals surface area contributed by atoms with Gasteiger partial charge in [-0.2, -0.15) is 0 Å². The minimum absolute atomic E-state index is 0.0712. The number of nitrogens with zero attached hydrogens (tertiary/aromatic N) is 4. The molecule has 0 aliphatic carbocycles. The summed E-state index contributed by atoms with van der Waals surface area (Å²) in [6.45, 7) is 4.70. The molecule has 190 valence electrons. The number of piperidine rings is 1. The van der Waals surface area contributed by atoms with Crippen molar-refractivity contribution >= 4 is 5.91 Å². The molecule has 1 fully saturated rings. The average Bonchev–Trinajstić information content (AvgIpc) is 3.35. The summed E-state index contributed by atoms with van der Waals surface area (Å²) in [6.07, 6.45) is 5.13. The predicted molar refractivity (Wildman–Crippen MR) is 134 cm³/mol. The van der Waals surface area contributed by atoms with Crippen molar-refractivity contribution in [1.82, 2.24) is 25.2 Å². The van der Waals surface area contributed by atoms with E-state index in [2.05, 4.69) is 26.6 Å². The number of carbonyl (C=O) groups excluding carboxylic acids is 1. The molecule has 36 heavy (non-hydrogen) atoms. The molecule has 1 aromatic heterocycles. The fourth-order valence-electron chi connectivity index (χ4n) is 4.92. The zero-order chi connectivity index (χ0) is 24.7. The highest BCUT2D eigenvalue weighted by molar-refractivity contribution is 5.94. The van der Waals surface area contributed by atoms with Gasteiger partial charge in [-0.15, -0.1) is 5.10 Å². The van der Waals surface area contributed by atoms with Crippen LogP contribution in [-0.4, -0.2) is 59.2 Å². The highest BCUT2D eigenvalue weighted by Crippen LogP contribution is 2.33. The van der Waals surface area contributed by atoms with Gasteiger partial charge in [0.15, 0.2) is 11.5 Å². The van der Waals surface area contributed by atoms with E-state index in [0.29, 0.717) is 49.3 Å². The van der Waals surface area contributed by atoms with E-state index in [1.54, 1.807) is 17.9 Å². The number of fused-ring (bicyclic) bond motifs is 7. The fourth-order valence-corrected chi connectivity index (χ4v) is 4.92. The number of para-hydroxylation sites is 1. The van der Waals surface area contributed by atoms with Crippen molar-refractivity contribution in [3.63, 3.8) is 0 Å². The van der Waals surface area contributed by atoms with Crippen LogP contribution in [0.1, 0.15) is 40.9 Å². The van der Waals surface area contributed by atoms with Gasteiger partial charge in [0.25, 0.3) is 5.91 Å². The summed E-state index contributed by atoms with van der Waals surface area (Å²) >= 11 is 0. The Morgan fingerprint density at radius 1 is 1.11 bits per heavy atom. The third kappa shape index (κ3) is 5.96. The molecule has 1 amide bonds. The predicted octanol–water partition coefficient (Wildman–Crippen LogP) is 3.29. The topological polar surface area (TPSA) is 90.7 Å². The summed E-state index contributed by atoms with van der Waals surface area (Å²) in [5, 5.41) is 11.5. The Labute approximate surface area is 211 Å². The van der Waals surface area contributed by atoms with Crippen LogP contribution in [0, 0.1) is 5.92 Å². The molecule has 9 heteroatoms. The molecule has 0 radical (unpaired) electrons. The molecule has 3 heterocycles. The number of rotatable bonds is 1. The van der Waals surface area contributed by atoms with Crippen LogP contribution in [0.5, 0.6) is 17.2 Å². The van der Waals surface area contributed by atoms with E-state index in [1.165, 1.54) is 6.42 Å². The number of aromatic nitrogens is 3. The second-order valence-electron chi connectivity index (χ2n) is 9.37. The van der Waals surface area contributed by atoms with Gasteiger partial charge < -0.3 is 19.5 Å². The summed E-state index contributed by atoms with van der Waals surface area (Å²) in [7, 11) is 1.66. The molecule has 1 saturated heterocycles. The van der Waals surface area contributed by atoms with Crippen LogP contribution in [0.25, 0.3) is 0 Å². The van der Waals surface area contributed by atoms with E-state index in [0.717, 1.165) is 49.5 Å².